The third-order valence-corrected chi connectivity index (χ3v) is 3.25. The molecule has 0 saturated heterocycles. The van der Waals surface area contributed by atoms with E-state index in [1.807, 2.05) is 0 Å². The van der Waals surface area contributed by atoms with Crippen LogP contribution < -0.4 is 10.2 Å². The zero-order valence-electron chi connectivity index (χ0n) is 9.50. The van der Waals surface area contributed by atoms with Crippen LogP contribution in [0.25, 0.3) is 10.9 Å². The van der Waals surface area contributed by atoms with Crippen molar-refractivity contribution in [3.63, 3.8) is 0 Å². The number of aromatic nitrogens is 1. The fourth-order valence-electron chi connectivity index (χ4n) is 2.49. The van der Waals surface area contributed by atoms with Gasteiger partial charge in [0, 0.05) is 16.6 Å². The number of benzene rings is 1. The Morgan fingerprint density at radius 2 is 2.11 bits per heavy atom. The molecule has 1 aromatic carbocycles. The Morgan fingerprint density at radius 3 is 2.89 bits per heavy atom. The molecule has 3 nitrogen and oxygen atoms in total. The number of rotatable bonds is 2. The lowest BCUT2D eigenvalue weighted by Crippen LogP contribution is -2.12. The summed E-state index contributed by atoms with van der Waals surface area (Å²) in [4.78, 5) is 15.3. The minimum absolute atomic E-state index is 0.0225. The molecule has 0 saturated carbocycles. The van der Waals surface area contributed by atoms with Crippen molar-refractivity contribution >= 4 is 10.9 Å². The molecule has 0 fully saturated rings. The van der Waals surface area contributed by atoms with Crippen molar-refractivity contribution in [3.8, 4) is 5.75 Å². The first-order valence-electron chi connectivity index (χ1n) is 5.78. The maximum absolute atomic E-state index is 12.3. The van der Waals surface area contributed by atoms with E-state index in [2.05, 4.69) is 9.72 Å². The SMILES string of the molecule is O=c1c2c([nH]c3c(OC(F)F)cccc13)CCC2. The van der Waals surface area contributed by atoms with Crippen molar-refractivity contribution in [3.05, 3.63) is 39.7 Å². The fourth-order valence-corrected chi connectivity index (χ4v) is 2.49. The summed E-state index contributed by atoms with van der Waals surface area (Å²) in [5.74, 6) is 0.0225. The molecule has 0 radical (unpaired) electrons. The van der Waals surface area contributed by atoms with Crippen LogP contribution in [0.15, 0.2) is 23.0 Å². The maximum atomic E-state index is 12.3. The van der Waals surface area contributed by atoms with Gasteiger partial charge in [-0.2, -0.15) is 8.78 Å². The summed E-state index contributed by atoms with van der Waals surface area (Å²) >= 11 is 0. The molecule has 0 aliphatic heterocycles. The second-order valence-corrected chi connectivity index (χ2v) is 4.32. The fraction of sp³-hybridized carbons (Fsp3) is 0.308. The van der Waals surface area contributed by atoms with Crippen LogP contribution in [0.3, 0.4) is 0 Å². The Bertz CT molecular complexity index is 664. The molecule has 5 heteroatoms. The number of fused-ring (bicyclic) bond motifs is 2. The lowest BCUT2D eigenvalue weighted by atomic mass is 10.1. The first-order chi connectivity index (χ1) is 8.66. The molecule has 1 N–H and O–H groups in total. The van der Waals surface area contributed by atoms with Crippen LogP contribution in [0, 0.1) is 0 Å². The van der Waals surface area contributed by atoms with Crippen molar-refractivity contribution in [2.75, 3.05) is 0 Å². The lowest BCUT2D eigenvalue weighted by molar-refractivity contribution is -0.0489. The number of nitrogens with one attached hydrogen (secondary N) is 1. The number of H-pyrrole nitrogens is 1. The van der Waals surface area contributed by atoms with Crippen molar-refractivity contribution in [1.29, 1.82) is 0 Å². The van der Waals surface area contributed by atoms with Crippen molar-refractivity contribution < 1.29 is 13.5 Å². The van der Waals surface area contributed by atoms with Gasteiger partial charge in [-0.1, -0.05) is 6.07 Å². The van der Waals surface area contributed by atoms with E-state index in [-0.39, 0.29) is 11.2 Å². The van der Waals surface area contributed by atoms with Crippen LogP contribution in [-0.2, 0) is 12.8 Å². The summed E-state index contributed by atoms with van der Waals surface area (Å²) in [6.07, 6.45) is 2.45. The van der Waals surface area contributed by atoms with E-state index in [0.717, 1.165) is 30.5 Å². The minimum Gasteiger partial charge on any atom is -0.433 e. The summed E-state index contributed by atoms with van der Waals surface area (Å²) in [5, 5.41) is 0.411. The third-order valence-electron chi connectivity index (χ3n) is 3.25. The van der Waals surface area contributed by atoms with Gasteiger partial charge in [-0.25, -0.2) is 0 Å². The second-order valence-electron chi connectivity index (χ2n) is 4.32. The second kappa shape index (κ2) is 4.08. The van der Waals surface area contributed by atoms with Crippen LogP contribution in [0.5, 0.6) is 5.75 Å². The van der Waals surface area contributed by atoms with Crippen LogP contribution in [0.4, 0.5) is 8.78 Å². The standard InChI is InChI=1S/C13H11F2NO2/c14-13(15)18-10-6-2-4-8-11(10)16-9-5-1-3-7(9)12(8)17/h2,4,6,13H,1,3,5H2,(H,16,17). The average molecular weight is 251 g/mol. The van der Waals surface area contributed by atoms with E-state index in [1.165, 1.54) is 6.07 Å². The molecule has 1 aliphatic carbocycles. The minimum atomic E-state index is -2.90. The Morgan fingerprint density at radius 1 is 1.28 bits per heavy atom. The first kappa shape index (κ1) is 11.2. The summed E-state index contributed by atoms with van der Waals surface area (Å²) in [5.41, 5.74) is 1.91. The van der Waals surface area contributed by atoms with Gasteiger partial charge < -0.3 is 9.72 Å². The Balaban J connectivity index is 2.29. The number of aromatic amines is 1. The van der Waals surface area contributed by atoms with Gasteiger partial charge in [0.15, 0.2) is 5.43 Å². The number of halogens is 2. The summed E-state index contributed by atoms with van der Waals surface area (Å²) in [6, 6.07) is 4.62. The number of pyridine rings is 1. The Hall–Kier alpha value is -1.91. The molecule has 0 amide bonds. The maximum Gasteiger partial charge on any atom is 0.387 e. The van der Waals surface area contributed by atoms with Crippen molar-refractivity contribution in [2.24, 2.45) is 0 Å². The molecule has 1 aliphatic rings. The van der Waals surface area contributed by atoms with Crippen molar-refractivity contribution in [2.45, 2.75) is 25.9 Å². The zero-order valence-corrected chi connectivity index (χ0v) is 9.50. The number of aryl methyl sites for hydroxylation is 1. The molecule has 0 atom stereocenters. The van der Waals surface area contributed by atoms with E-state index in [1.54, 1.807) is 12.1 Å². The van der Waals surface area contributed by atoms with Gasteiger partial charge >= 0.3 is 6.61 Å². The lowest BCUT2D eigenvalue weighted by Gasteiger charge is -2.09. The molecule has 1 aromatic heterocycles. The van der Waals surface area contributed by atoms with E-state index in [9.17, 15) is 13.6 Å². The molecular formula is C13H11F2NO2. The molecule has 0 unspecified atom stereocenters. The number of para-hydroxylation sites is 1. The normalized spacial score (nSPS) is 14.2. The predicted octanol–water partition coefficient (Wildman–Crippen LogP) is 2.62. The van der Waals surface area contributed by atoms with Gasteiger partial charge in [0.1, 0.15) is 5.75 Å². The molecule has 18 heavy (non-hydrogen) atoms. The highest BCUT2D eigenvalue weighted by molar-refractivity contribution is 5.85. The van der Waals surface area contributed by atoms with Crippen LogP contribution in [0.1, 0.15) is 17.7 Å². The number of hydrogen-bond acceptors (Lipinski definition) is 2. The van der Waals surface area contributed by atoms with Gasteiger partial charge in [-0.05, 0) is 31.4 Å². The van der Waals surface area contributed by atoms with E-state index < -0.39 is 6.61 Å². The Kier molecular flexibility index (Phi) is 2.54. The molecule has 1 heterocycles. The van der Waals surface area contributed by atoms with Crippen LogP contribution >= 0.6 is 0 Å². The highest BCUT2D eigenvalue weighted by Gasteiger charge is 2.19. The van der Waals surface area contributed by atoms with Crippen molar-refractivity contribution in [1.82, 2.24) is 4.98 Å². The number of alkyl halides is 2. The summed E-state index contributed by atoms with van der Waals surface area (Å²) < 4.78 is 29.1. The van der Waals surface area contributed by atoms with E-state index in [0.29, 0.717) is 10.9 Å². The molecule has 94 valence electrons. The number of hydrogen-bond donors (Lipinski definition) is 1. The largest absolute Gasteiger partial charge is 0.433 e. The molecule has 3 rings (SSSR count). The first-order valence-corrected chi connectivity index (χ1v) is 5.78. The molecule has 0 spiro atoms. The average Bonchev–Trinajstić information content (AvgIpc) is 2.78. The highest BCUT2D eigenvalue weighted by Crippen LogP contribution is 2.27. The summed E-state index contributed by atoms with van der Waals surface area (Å²) in [6.45, 7) is -2.90. The quantitative estimate of drug-likeness (QED) is 0.891. The van der Waals surface area contributed by atoms with E-state index in [4.69, 9.17) is 0 Å². The third kappa shape index (κ3) is 1.66. The topological polar surface area (TPSA) is 42.1 Å². The van der Waals surface area contributed by atoms with Gasteiger partial charge in [0.05, 0.1) is 5.52 Å². The zero-order chi connectivity index (χ0) is 12.7. The molecule has 0 bridgehead atoms. The highest BCUT2D eigenvalue weighted by atomic mass is 19.3. The molecular weight excluding hydrogens is 240 g/mol. The van der Waals surface area contributed by atoms with Gasteiger partial charge in [0.2, 0.25) is 0 Å². The van der Waals surface area contributed by atoms with Crippen LogP contribution in [0.2, 0.25) is 0 Å². The van der Waals surface area contributed by atoms with E-state index >= 15 is 0 Å². The number of ether oxygens (including phenoxy) is 1. The Labute approximate surface area is 101 Å². The van der Waals surface area contributed by atoms with Gasteiger partial charge in [-0.3, -0.25) is 4.79 Å². The van der Waals surface area contributed by atoms with Crippen LogP contribution in [-0.4, -0.2) is 11.6 Å². The smallest absolute Gasteiger partial charge is 0.387 e. The summed E-state index contributed by atoms with van der Waals surface area (Å²) in [7, 11) is 0. The predicted molar refractivity (Wildman–Crippen MR) is 63.2 cm³/mol. The molecule has 2 aromatic rings. The van der Waals surface area contributed by atoms with Gasteiger partial charge in [0.25, 0.3) is 0 Å². The monoisotopic (exact) mass is 251 g/mol. The van der Waals surface area contributed by atoms with Gasteiger partial charge in [-0.15, -0.1) is 0 Å².